The minimum absolute atomic E-state index is 0.105. The third-order valence-electron chi connectivity index (χ3n) is 2.97. The molecule has 1 aromatic heterocycles. The average Bonchev–Trinajstić information content (AvgIpc) is 2.32. The maximum Gasteiger partial charge on any atom is 0.158 e. The van der Waals surface area contributed by atoms with Crippen molar-refractivity contribution in [1.82, 2.24) is 9.97 Å². The quantitative estimate of drug-likeness (QED) is 0.813. The third-order valence-corrected chi connectivity index (χ3v) is 4.69. The number of nitrogen functional groups attached to an aromatic ring is 1. The van der Waals surface area contributed by atoms with E-state index in [0.29, 0.717) is 36.9 Å². The van der Waals surface area contributed by atoms with E-state index in [4.69, 9.17) is 10.5 Å². The van der Waals surface area contributed by atoms with E-state index in [9.17, 15) is 8.42 Å². The molecule has 0 radical (unpaired) electrons. The largest absolute Gasteiger partial charge is 0.384 e. The molecule has 3 N–H and O–H groups in total. The van der Waals surface area contributed by atoms with E-state index >= 15 is 0 Å². The molecule has 1 aromatic rings. The molecular formula is C11H18N4O3S. The SMILES string of the molecule is COCc1nc(N)cc(NC2CCS(=O)(=O)CC2)n1. The topological polar surface area (TPSA) is 107 Å². The van der Waals surface area contributed by atoms with Crippen molar-refractivity contribution in [2.75, 3.05) is 29.7 Å². The van der Waals surface area contributed by atoms with Gasteiger partial charge in [0.2, 0.25) is 0 Å². The summed E-state index contributed by atoms with van der Waals surface area (Å²) in [5.74, 6) is 1.93. The molecule has 106 valence electrons. The van der Waals surface area contributed by atoms with Gasteiger partial charge in [0.15, 0.2) is 5.82 Å². The Labute approximate surface area is 112 Å². The summed E-state index contributed by atoms with van der Waals surface area (Å²) in [6, 6.07) is 1.75. The Morgan fingerprint density at radius 1 is 1.42 bits per heavy atom. The smallest absolute Gasteiger partial charge is 0.158 e. The van der Waals surface area contributed by atoms with Gasteiger partial charge in [-0.05, 0) is 12.8 Å². The number of hydrogen-bond acceptors (Lipinski definition) is 7. The van der Waals surface area contributed by atoms with Crippen LogP contribution in [0.2, 0.25) is 0 Å². The van der Waals surface area contributed by atoms with E-state index in [1.54, 1.807) is 13.2 Å². The summed E-state index contributed by atoms with van der Waals surface area (Å²) < 4.78 is 27.7. The van der Waals surface area contributed by atoms with Crippen LogP contribution in [0.15, 0.2) is 6.07 Å². The first kappa shape index (κ1) is 14.0. The van der Waals surface area contributed by atoms with E-state index < -0.39 is 9.84 Å². The molecule has 2 rings (SSSR count). The van der Waals surface area contributed by atoms with Crippen LogP contribution in [0.3, 0.4) is 0 Å². The summed E-state index contributed by atoms with van der Waals surface area (Å²) in [5, 5.41) is 3.21. The molecule has 0 atom stereocenters. The normalized spacial score (nSPS) is 19.2. The van der Waals surface area contributed by atoms with Gasteiger partial charge in [-0.25, -0.2) is 18.4 Å². The van der Waals surface area contributed by atoms with Crippen LogP contribution < -0.4 is 11.1 Å². The molecule has 2 heterocycles. The van der Waals surface area contributed by atoms with Gasteiger partial charge in [-0.3, -0.25) is 0 Å². The number of hydrogen-bond donors (Lipinski definition) is 2. The van der Waals surface area contributed by atoms with Gasteiger partial charge >= 0.3 is 0 Å². The van der Waals surface area contributed by atoms with Gasteiger partial charge in [0.05, 0.1) is 11.5 Å². The lowest BCUT2D eigenvalue weighted by atomic mass is 10.1. The van der Waals surface area contributed by atoms with E-state index in [1.165, 1.54) is 0 Å². The monoisotopic (exact) mass is 286 g/mol. The first-order chi connectivity index (χ1) is 8.98. The molecule has 0 aromatic carbocycles. The van der Waals surface area contributed by atoms with Gasteiger partial charge in [0, 0.05) is 19.2 Å². The molecule has 0 spiro atoms. The summed E-state index contributed by atoms with van der Waals surface area (Å²) in [6.45, 7) is 0.290. The van der Waals surface area contributed by atoms with Crippen LogP contribution in [-0.4, -0.2) is 43.0 Å². The molecule has 0 saturated carbocycles. The van der Waals surface area contributed by atoms with Crippen LogP contribution in [0, 0.1) is 0 Å². The van der Waals surface area contributed by atoms with Gasteiger partial charge < -0.3 is 15.8 Å². The molecular weight excluding hydrogens is 268 g/mol. The zero-order chi connectivity index (χ0) is 13.9. The minimum atomic E-state index is -2.85. The zero-order valence-electron chi connectivity index (χ0n) is 10.8. The number of methoxy groups -OCH3 is 1. The maximum absolute atomic E-state index is 11.4. The molecule has 7 nitrogen and oxygen atoms in total. The van der Waals surface area contributed by atoms with Gasteiger partial charge in [-0.15, -0.1) is 0 Å². The molecule has 1 fully saturated rings. The van der Waals surface area contributed by atoms with Crippen LogP contribution in [0.1, 0.15) is 18.7 Å². The van der Waals surface area contributed by atoms with Gasteiger partial charge in [0.25, 0.3) is 0 Å². The lowest BCUT2D eigenvalue weighted by molar-refractivity contribution is 0.178. The standard InChI is InChI=1S/C11H18N4O3S/c1-18-7-11-14-9(12)6-10(15-11)13-8-2-4-19(16,17)5-3-8/h6,8H,2-5,7H2,1H3,(H3,12,13,14,15). The zero-order valence-corrected chi connectivity index (χ0v) is 11.6. The first-order valence-corrected chi connectivity index (χ1v) is 7.90. The highest BCUT2D eigenvalue weighted by atomic mass is 32.2. The van der Waals surface area contributed by atoms with E-state index in [0.717, 1.165) is 0 Å². The Morgan fingerprint density at radius 3 is 2.74 bits per heavy atom. The van der Waals surface area contributed by atoms with Crippen molar-refractivity contribution in [2.45, 2.75) is 25.5 Å². The van der Waals surface area contributed by atoms with Crippen LogP contribution in [0.4, 0.5) is 11.6 Å². The predicted molar refractivity (Wildman–Crippen MR) is 72.5 cm³/mol. The molecule has 0 bridgehead atoms. The van der Waals surface area contributed by atoms with Crippen LogP contribution >= 0.6 is 0 Å². The fourth-order valence-corrected chi connectivity index (χ4v) is 3.52. The Morgan fingerprint density at radius 2 is 2.11 bits per heavy atom. The predicted octanol–water partition coefficient (Wildman–Crippen LogP) is 0.194. The fourth-order valence-electron chi connectivity index (χ4n) is 2.03. The molecule has 1 aliphatic heterocycles. The number of anilines is 2. The van der Waals surface area contributed by atoms with Crippen molar-refractivity contribution in [3.63, 3.8) is 0 Å². The molecule has 0 unspecified atom stereocenters. The number of nitrogens with one attached hydrogen (secondary N) is 1. The van der Waals surface area contributed by atoms with Gasteiger partial charge in [0.1, 0.15) is 28.1 Å². The highest BCUT2D eigenvalue weighted by Crippen LogP contribution is 2.18. The lowest BCUT2D eigenvalue weighted by Crippen LogP contribution is -2.32. The minimum Gasteiger partial charge on any atom is -0.384 e. The van der Waals surface area contributed by atoms with Gasteiger partial charge in [-0.1, -0.05) is 0 Å². The number of aromatic nitrogens is 2. The maximum atomic E-state index is 11.4. The van der Waals surface area contributed by atoms with Crippen molar-refractivity contribution in [1.29, 1.82) is 0 Å². The van der Waals surface area contributed by atoms with Crippen molar-refractivity contribution in [2.24, 2.45) is 0 Å². The summed E-state index contributed by atoms with van der Waals surface area (Å²) in [4.78, 5) is 8.32. The summed E-state index contributed by atoms with van der Waals surface area (Å²) in [7, 11) is -1.29. The molecule has 19 heavy (non-hydrogen) atoms. The Balaban J connectivity index is 2.03. The van der Waals surface area contributed by atoms with E-state index in [1.807, 2.05) is 0 Å². The van der Waals surface area contributed by atoms with Gasteiger partial charge in [-0.2, -0.15) is 0 Å². The van der Waals surface area contributed by atoms with Crippen molar-refractivity contribution < 1.29 is 13.2 Å². The van der Waals surface area contributed by atoms with Crippen molar-refractivity contribution in [3.05, 3.63) is 11.9 Å². The molecule has 8 heteroatoms. The summed E-state index contributed by atoms with van der Waals surface area (Å²) >= 11 is 0. The Kier molecular flexibility index (Phi) is 4.20. The van der Waals surface area contributed by atoms with Crippen molar-refractivity contribution in [3.8, 4) is 0 Å². The Bertz CT molecular complexity index is 533. The fraction of sp³-hybridized carbons (Fsp3) is 0.636. The second kappa shape index (κ2) is 5.70. The first-order valence-electron chi connectivity index (χ1n) is 6.08. The van der Waals surface area contributed by atoms with Crippen LogP contribution in [0.5, 0.6) is 0 Å². The third kappa shape index (κ3) is 4.03. The van der Waals surface area contributed by atoms with E-state index in [2.05, 4.69) is 15.3 Å². The lowest BCUT2D eigenvalue weighted by Gasteiger charge is -2.23. The second-order valence-corrected chi connectivity index (χ2v) is 6.90. The molecule has 0 aliphatic carbocycles. The van der Waals surface area contributed by atoms with Crippen LogP contribution in [0.25, 0.3) is 0 Å². The highest BCUT2D eigenvalue weighted by Gasteiger charge is 2.23. The average molecular weight is 286 g/mol. The summed E-state index contributed by atoms with van der Waals surface area (Å²) in [5.41, 5.74) is 5.70. The van der Waals surface area contributed by atoms with E-state index in [-0.39, 0.29) is 17.5 Å². The number of nitrogens with zero attached hydrogens (tertiary/aromatic N) is 2. The molecule has 0 amide bonds. The number of rotatable bonds is 4. The van der Waals surface area contributed by atoms with Crippen LogP contribution in [-0.2, 0) is 21.2 Å². The highest BCUT2D eigenvalue weighted by molar-refractivity contribution is 7.91. The molecule has 1 saturated heterocycles. The molecule has 1 aliphatic rings. The summed E-state index contributed by atoms with van der Waals surface area (Å²) in [6.07, 6.45) is 1.18. The van der Waals surface area contributed by atoms with Crippen molar-refractivity contribution >= 4 is 21.5 Å². The second-order valence-electron chi connectivity index (χ2n) is 4.60. The Hall–Kier alpha value is -1.41. The number of nitrogens with two attached hydrogens (primary N) is 1. The number of ether oxygens (including phenoxy) is 1. The number of sulfone groups is 1.